The van der Waals surface area contributed by atoms with Crippen molar-refractivity contribution in [2.45, 2.75) is 61.6 Å². The van der Waals surface area contributed by atoms with Crippen molar-refractivity contribution in [2.24, 2.45) is 5.92 Å². The molecule has 0 spiro atoms. The zero-order valence-corrected chi connectivity index (χ0v) is 24.2. The van der Waals surface area contributed by atoms with E-state index in [0.717, 1.165) is 0 Å². The van der Waals surface area contributed by atoms with Crippen molar-refractivity contribution < 1.29 is 23.3 Å². The molecule has 0 heterocycles. The van der Waals surface area contributed by atoms with Gasteiger partial charge in [-0.1, -0.05) is 67.1 Å². The molecule has 0 aliphatic heterocycles. The van der Waals surface area contributed by atoms with Crippen molar-refractivity contribution in [1.82, 2.24) is 0 Å². The van der Waals surface area contributed by atoms with Crippen LogP contribution < -0.4 is 0 Å². The van der Waals surface area contributed by atoms with Gasteiger partial charge >= 0.3 is 41.9 Å². The molecule has 3 aromatic carbocycles. The molecule has 0 saturated carbocycles. The van der Waals surface area contributed by atoms with Crippen LogP contribution in [-0.2, 0) is 23.3 Å². The number of aryl methyl sites for hydroxylation is 3. The molecule has 0 nitrogen and oxygen atoms in total. The van der Waals surface area contributed by atoms with Gasteiger partial charge in [0.15, 0.2) is 0 Å². The fourth-order valence-corrected chi connectivity index (χ4v) is 4.14. The summed E-state index contributed by atoms with van der Waals surface area (Å²) in [5, 5.41) is 2.68. The minimum Gasteiger partial charge on any atom is -0.150 e. The van der Waals surface area contributed by atoms with E-state index in [4.69, 9.17) is 0 Å². The second kappa shape index (κ2) is 11.5. The van der Waals surface area contributed by atoms with Crippen LogP contribution in [0.3, 0.4) is 0 Å². The van der Waals surface area contributed by atoms with Gasteiger partial charge in [-0.3, -0.25) is 6.08 Å². The average Bonchev–Trinajstić information content (AvgIpc) is 3.18. The molecule has 160 valence electrons. The van der Waals surface area contributed by atoms with Crippen LogP contribution in [0.15, 0.2) is 65.3 Å². The largest absolute Gasteiger partial charge is 0.150 e. The van der Waals surface area contributed by atoms with E-state index in [2.05, 4.69) is 116 Å². The number of allylic oxidation sites excluding steroid dienone is 4. The van der Waals surface area contributed by atoms with Crippen molar-refractivity contribution in [2.75, 3.05) is 0 Å². The van der Waals surface area contributed by atoms with Crippen molar-refractivity contribution >= 4 is 16.2 Å². The van der Waals surface area contributed by atoms with Crippen LogP contribution in [0.4, 0.5) is 0 Å². The van der Waals surface area contributed by atoms with Crippen LogP contribution in [0.1, 0.15) is 44.4 Å². The Bertz CT molecular complexity index is 1110. The van der Waals surface area contributed by atoms with Crippen LogP contribution in [0.5, 0.6) is 0 Å². The standard InChI is InChI=1S/C18H17.C9H13.C2H6Si.Zr/c1-12-10-13(2)18(14(3)11-12)17-9-8-15-6-4-5-7-16(15)17;1-6-5-7(2)9(4)8(6)3;1-3-2;/h4-11H,1-3H3;6H,1-4H3;1-2H3;/q2*-1;;+2. The smallest absolute Gasteiger partial charge is 0.0398 e. The van der Waals surface area contributed by atoms with Crippen LogP contribution >= 0.6 is 0 Å². The molecule has 0 amide bonds. The Hall–Kier alpha value is -1.37. The molecule has 4 rings (SSSR count). The molecule has 0 N–H and O–H groups in total. The molecule has 3 aromatic rings. The number of hydrogen-bond acceptors (Lipinski definition) is 0. The van der Waals surface area contributed by atoms with Crippen molar-refractivity contribution in [1.29, 1.82) is 0 Å². The predicted octanol–water partition coefficient (Wildman–Crippen LogP) is 8.66. The van der Waals surface area contributed by atoms with Crippen LogP contribution in [0, 0.1) is 32.8 Å². The van der Waals surface area contributed by atoms with E-state index in [1.165, 1.54) is 55.3 Å². The summed E-state index contributed by atoms with van der Waals surface area (Å²) in [5.74, 6) is 0.560. The van der Waals surface area contributed by atoms with Gasteiger partial charge in [0.25, 0.3) is 0 Å². The number of fused-ring (bicyclic) bond motifs is 1. The maximum absolute atomic E-state index is 3.36. The molecule has 0 bridgehead atoms. The fraction of sp³-hybridized carbons (Fsp3) is 0.345. The Kier molecular flexibility index (Phi) is 9.59. The molecule has 2 heteroatoms. The Morgan fingerprint density at radius 3 is 1.94 bits per heavy atom. The molecule has 31 heavy (non-hydrogen) atoms. The maximum atomic E-state index is 3.36. The van der Waals surface area contributed by atoms with Crippen molar-refractivity contribution in [3.8, 4) is 11.1 Å². The van der Waals surface area contributed by atoms with E-state index >= 15 is 0 Å². The summed E-state index contributed by atoms with van der Waals surface area (Å²) in [6.07, 6.45) is 3.36. The summed E-state index contributed by atoms with van der Waals surface area (Å²) in [5.41, 5.74) is 11.3. The minimum absolute atomic E-state index is 0.210. The minimum atomic E-state index is 0.210. The zero-order valence-electron chi connectivity index (χ0n) is 20.7. The first-order chi connectivity index (χ1) is 14.5. The van der Waals surface area contributed by atoms with Crippen LogP contribution in [0.2, 0.25) is 13.1 Å². The second-order valence-corrected chi connectivity index (χ2v) is 18.3. The summed E-state index contributed by atoms with van der Waals surface area (Å²) in [6, 6.07) is 17.6. The summed E-state index contributed by atoms with van der Waals surface area (Å²) in [4.78, 5) is 0. The van der Waals surface area contributed by atoms with Crippen LogP contribution in [0.25, 0.3) is 21.9 Å². The van der Waals surface area contributed by atoms with Gasteiger partial charge in [0.05, 0.1) is 0 Å². The van der Waals surface area contributed by atoms with E-state index in [9.17, 15) is 0 Å². The summed E-state index contributed by atoms with van der Waals surface area (Å²) >= 11 is 1.74. The first-order valence-corrected chi connectivity index (χ1v) is 17.2. The van der Waals surface area contributed by atoms with Gasteiger partial charge in [-0.25, -0.2) is 5.57 Å². The molecular weight excluding hydrogens is 468 g/mol. The van der Waals surface area contributed by atoms with Gasteiger partial charge in [-0.15, -0.1) is 53.6 Å². The third-order valence-corrected chi connectivity index (χ3v) is 5.86. The molecular formula is C29H36SiZr. The number of hydrogen-bond donors (Lipinski definition) is 0. The SMILES string of the molecule is CC1=[C-]C(C)C(C)=C1C.C[Si](C)=[Zr+2].Cc1cc(C)c(-c2c[cH-]c3ccccc23)c(C)c1. The van der Waals surface area contributed by atoms with Gasteiger partial charge in [0, 0.05) is 0 Å². The van der Waals surface area contributed by atoms with Gasteiger partial charge < -0.3 is 0 Å². The molecule has 0 aromatic heterocycles. The Morgan fingerprint density at radius 2 is 1.48 bits per heavy atom. The van der Waals surface area contributed by atoms with Gasteiger partial charge in [-0.05, 0) is 20.8 Å². The normalized spacial score (nSPS) is 15.2. The molecule has 1 aliphatic rings. The average molecular weight is 504 g/mol. The molecule has 1 aliphatic carbocycles. The van der Waals surface area contributed by atoms with Gasteiger partial charge in [-0.2, -0.15) is 11.1 Å². The molecule has 1 unspecified atom stereocenters. The predicted molar refractivity (Wildman–Crippen MR) is 137 cm³/mol. The third-order valence-electron chi connectivity index (χ3n) is 5.86. The van der Waals surface area contributed by atoms with Crippen molar-refractivity contribution in [3.05, 3.63) is 88.0 Å². The molecule has 1 atom stereocenters. The molecule has 0 fully saturated rings. The summed E-state index contributed by atoms with van der Waals surface area (Å²) in [7, 11) is 0. The van der Waals surface area contributed by atoms with Crippen molar-refractivity contribution in [3.63, 3.8) is 0 Å². The van der Waals surface area contributed by atoms with E-state index < -0.39 is 0 Å². The van der Waals surface area contributed by atoms with E-state index in [-0.39, 0.29) is 5.43 Å². The van der Waals surface area contributed by atoms with Gasteiger partial charge in [0.2, 0.25) is 0 Å². The Labute approximate surface area is 205 Å². The Balaban J connectivity index is 0.000000220. The first-order valence-electron chi connectivity index (χ1n) is 11.0. The fourth-order valence-electron chi connectivity index (χ4n) is 4.14. The second-order valence-electron chi connectivity index (χ2n) is 8.91. The Morgan fingerprint density at radius 1 is 0.935 bits per heavy atom. The first kappa shape index (κ1) is 25.9. The zero-order chi connectivity index (χ0) is 23.3. The van der Waals surface area contributed by atoms with Gasteiger partial charge in [0.1, 0.15) is 0 Å². The number of rotatable bonds is 1. The monoisotopic (exact) mass is 502 g/mol. The maximum Gasteiger partial charge on any atom is -0.0398 e. The third kappa shape index (κ3) is 6.80. The topological polar surface area (TPSA) is 0 Å². The molecule has 0 radical (unpaired) electrons. The van der Waals surface area contributed by atoms with E-state index in [1.807, 2.05) is 0 Å². The summed E-state index contributed by atoms with van der Waals surface area (Å²) < 4.78 is 0. The quantitative estimate of drug-likeness (QED) is 0.230. The molecule has 0 saturated heterocycles. The van der Waals surface area contributed by atoms with E-state index in [1.54, 1.807) is 23.3 Å². The number of benzene rings is 2. The van der Waals surface area contributed by atoms with Crippen LogP contribution in [-0.4, -0.2) is 5.43 Å². The van der Waals surface area contributed by atoms with E-state index in [0.29, 0.717) is 5.92 Å². The summed E-state index contributed by atoms with van der Waals surface area (Å²) in [6.45, 7) is 19.9.